The molecule has 2 unspecified atom stereocenters. The molecule has 27 heavy (non-hydrogen) atoms. The fourth-order valence-electron chi connectivity index (χ4n) is 3.57. The molecule has 2 heterocycles. The Morgan fingerprint density at radius 3 is 2.74 bits per heavy atom. The summed E-state index contributed by atoms with van der Waals surface area (Å²) in [6.45, 7) is 2.56. The molecule has 0 saturated carbocycles. The maximum atomic E-state index is 14.6. The molecule has 5 nitrogen and oxygen atoms in total. The van der Waals surface area contributed by atoms with Crippen molar-refractivity contribution in [2.45, 2.75) is 37.7 Å². The van der Waals surface area contributed by atoms with Gasteiger partial charge in [-0.15, -0.1) is 0 Å². The number of ether oxygens (including phenoxy) is 1. The van der Waals surface area contributed by atoms with Gasteiger partial charge in [0.2, 0.25) is 6.17 Å². The SMILES string of the molecule is CC(C)OCC1(C(F)(F)F)c2cc(C#N)ccc2N[C@H]2C1C=C(Cl)C=[N+]2[O-]. The second kappa shape index (κ2) is 6.73. The van der Waals surface area contributed by atoms with Crippen molar-refractivity contribution in [2.75, 3.05) is 11.9 Å². The summed E-state index contributed by atoms with van der Waals surface area (Å²) < 4.78 is 49.6. The first kappa shape index (κ1) is 19.5. The van der Waals surface area contributed by atoms with E-state index in [4.69, 9.17) is 21.6 Å². The van der Waals surface area contributed by atoms with Crippen molar-refractivity contribution in [3.8, 4) is 6.07 Å². The van der Waals surface area contributed by atoms with Gasteiger partial charge in [-0.3, -0.25) is 0 Å². The van der Waals surface area contributed by atoms with Gasteiger partial charge in [-0.05, 0) is 43.7 Å². The predicted molar refractivity (Wildman–Crippen MR) is 94.5 cm³/mol. The predicted octanol–water partition coefficient (Wildman–Crippen LogP) is 3.87. The standard InChI is InChI=1S/C18H17ClF3N3O2/c1-10(2)27-9-17(18(20,21)22)13-5-11(7-23)3-4-15(13)24-16-14(17)6-12(19)8-25(16)26/h3-6,8,10,14,16,24H,9H2,1-2H3/t14?,16-,17?/m1/s1. The molecule has 9 heteroatoms. The number of benzene rings is 1. The molecule has 2 aliphatic heterocycles. The normalized spacial score (nSPS) is 27.0. The fourth-order valence-corrected chi connectivity index (χ4v) is 3.81. The monoisotopic (exact) mass is 399 g/mol. The maximum absolute atomic E-state index is 14.6. The van der Waals surface area contributed by atoms with Gasteiger partial charge >= 0.3 is 6.18 Å². The summed E-state index contributed by atoms with van der Waals surface area (Å²) in [6, 6.07) is 5.85. The lowest BCUT2D eigenvalue weighted by Gasteiger charge is -2.48. The number of nitriles is 1. The number of hydrogen-bond donors (Lipinski definition) is 1. The number of rotatable bonds is 3. The zero-order valence-corrected chi connectivity index (χ0v) is 15.3. The Balaban J connectivity index is 2.31. The van der Waals surface area contributed by atoms with Gasteiger partial charge in [0.25, 0.3) is 0 Å². The molecular formula is C18H17ClF3N3O2. The Bertz CT molecular complexity index is 860. The quantitative estimate of drug-likeness (QED) is 0.618. The van der Waals surface area contributed by atoms with E-state index >= 15 is 0 Å². The number of nitrogens with zero attached hydrogens (tertiary/aromatic N) is 2. The van der Waals surface area contributed by atoms with Crippen molar-refractivity contribution in [1.82, 2.24) is 0 Å². The van der Waals surface area contributed by atoms with Crippen LogP contribution in [0.25, 0.3) is 0 Å². The maximum Gasteiger partial charge on any atom is 0.401 e. The largest absolute Gasteiger partial charge is 0.622 e. The zero-order chi connectivity index (χ0) is 20.0. The fraction of sp³-hybridized carbons (Fsp3) is 0.444. The van der Waals surface area contributed by atoms with E-state index in [1.54, 1.807) is 13.8 Å². The van der Waals surface area contributed by atoms with Crippen molar-refractivity contribution in [1.29, 1.82) is 5.26 Å². The van der Waals surface area contributed by atoms with Gasteiger partial charge in [0.05, 0.1) is 30.3 Å². The van der Waals surface area contributed by atoms with E-state index in [1.165, 1.54) is 24.3 Å². The van der Waals surface area contributed by atoms with Gasteiger partial charge < -0.3 is 15.3 Å². The summed E-state index contributed by atoms with van der Waals surface area (Å²) in [5.41, 5.74) is -2.44. The molecule has 2 aliphatic rings. The molecular weight excluding hydrogens is 383 g/mol. The smallest absolute Gasteiger partial charge is 0.401 e. The number of fused-ring (bicyclic) bond motifs is 2. The molecule has 1 aromatic rings. The second-order valence-electron chi connectivity index (χ2n) is 6.86. The van der Waals surface area contributed by atoms with Crippen LogP contribution in [0.3, 0.4) is 0 Å². The first-order valence-electron chi connectivity index (χ1n) is 8.27. The van der Waals surface area contributed by atoms with Crippen LogP contribution in [-0.2, 0) is 10.2 Å². The first-order chi connectivity index (χ1) is 12.6. The van der Waals surface area contributed by atoms with Crippen LogP contribution in [0.2, 0.25) is 0 Å². The highest BCUT2D eigenvalue weighted by Crippen LogP contribution is 2.55. The van der Waals surface area contributed by atoms with Gasteiger partial charge in [0.15, 0.2) is 6.21 Å². The Morgan fingerprint density at radius 2 is 2.15 bits per heavy atom. The molecule has 0 aromatic heterocycles. The van der Waals surface area contributed by atoms with Crippen LogP contribution in [0, 0.1) is 22.5 Å². The molecule has 0 saturated heterocycles. The number of allylic oxidation sites excluding steroid dienone is 1. The molecule has 1 aromatic carbocycles. The Hall–Kier alpha value is -2.24. The Kier molecular flexibility index (Phi) is 4.87. The zero-order valence-electron chi connectivity index (χ0n) is 14.5. The van der Waals surface area contributed by atoms with Crippen LogP contribution < -0.4 is 5.32 Å². The van der Waals surface area contributed by atoms with E-state index in [-0.39, 0.29) is 21.8 Å². The number of halogens is 4. The van der Waals surface area contributed by atoms with Crippen molar-refractivity contribution >= 4 is 23.5 Å². The Morgan fingerprint density at radius 1 is 1.44 bits per heavy atom. The lowest BCUT2D eigenvalue weighted by molar-refractivity contribution is -0.505. The highest BCUT2D eigenvalue weighted by molar-refractivity contribution is 6.38. The van der Waals surface area contributed by atoms with E-state index in [0.29, 0.717) is 4.74 Å². The van der Waals surface area contributed by atoms with Crippen LogP contribution >= 0.6 is 11.6 Å². The van der Waals surface area contributed by atoms with Crippen LogP contribution in [0.5, 0.6) is 0 Å². The summed E-state index contributed by atoms with van der Waals surface area (Å²) >= 11 is 5.93. The summed E-state index contributed by atoms with van der Waals surface area (Å²) in [4.78, 5) is 0. The van der Waals surface area contributed by atoms with Crippen LogP contribution in [0.15, 0.2) is 29.3 Å². The third-order valence-electron chi connectivity index (χ3n) is 4.86. The highest BCUT2D eigenvalue weighted by Gasteiger charge is 2.67. The lowest BCUT2D eigenvalue weighted by Crippen LogP contribution is -2.62. The number of hydroxylamine groups is 1. The van der Waals surface area contributed by atoms with Crippen molar-refractivity contribution in [3.63, 3.8) is 0 Å². The molecule has 1 N–H and O–H groups in total. The van der Waals surface area contributed by atoms with E-state index in [2.05, 4.69) is 5.32 Å². The van der Waals surface area contributed by atoms with Gasteiger partial charge in [0.1, 0.15) is 10.4 Å². The highest BCUT2D eigenvalue weighted by atomic mass is 35.5. The number of anilines is 1. The van der Waals surface area contributed by atoms with E-state index in [9.17, 15) is 18.4 Å². The first-order valence-corrected chi connectivity index (χ1v) is 8.65. The van der Waals surface area contributed by atoms with Crippen molar-refractivity contribution in [2.24, 2.45) is 5.92 Å². The summed E-state index contributed by atoms with van der Waals surface area (Å²) in [7, 11) is 0. The third kappa shape index (κ3) is 3.15. The minimum atomic E-state index is -4.76. The minimum Gasteiger partial charge on any atom is -0.622 e. The van der Waals surface area contributed by atoms with Crippen molar-refractivity contribution in [3.05, 3.63) is 45.6 Å². The van der Waals surface area contributed by atoms with E-state index < -0.39 is 36.4 Å². The number of nitrogens with one attached hydrogen (secondary N) is 1. The van der Waals surface area contributed by atoms with Crippen LogP contribution in [0.1, 0.15) is 25.0 Å². The topological polar surface area (TPSA) is 71.1 Å². The second-order valence-corrected chi connectivity index (χ2v) is 7.29. The molecule has 0 amide bonds. The van der Waals surface area contributed by atoms with Gasteiger partial charge in [0, 0.05) is 5.69 Å². The molecule has 0 radical (unpaired) electrons. The number of alkyl halides is 3. The molecule has 3 rings (SSSR count). The van der Waals surface area contributed by atoms with Gasteiger partial charge in [-0.1, -0.05) is 11.6 Å². The third-order valence-corrected chi connectivity index (χ3v) is 5.08. The average Bonchev–Trinajstić information content (AvgIpc) is 2.57. The van der Waals surface area contributed by atoms with E-state index in [1.807, 2.05) is 6.07 Å². The van der Waals surface area contributed by atoms with Crippen LogP contribution in [0.4, 0.5) is 18.9 Å². The van der Waals surface area contributed by atoms with Gasteiger partial charge in [-0.2, -0.15) is 23.2 Å². The molecule has 0 fully saturated rings. The summed E-state index contributed by atoms with van der Waals surface area (Å²) in [5, 5.41) is 24.3. The Labute approximate surface area is 159 Å². The number of hydrogen-bond acceptors (Lipinski definition) is 4. The van der Waals surface area contributed by atoms with Crippen LogP contribution in [-0.4, -0.2) is 36.0 Å². The minimum absolute atomic E-state index is 0.0777. The molecule has 144 valence electrons. The van der Waals surface area contributed by atoms with E-state index in [0.717, 1.165) is 6.21 Å². The van der Waals surface area contributed by atoms with Crippen molar-refractivity contribution < 1.29 is 22.6 Å². The molecule has 0 spiro atoms. The molecule has 0 aliphatic carbocycles. The average molecular weight is 400 g/mol. The van der Waals surface area contributed by atoms with Gasteiger partial charge in [-0.25, -0.2) is 0 Å². The molecule has 0 bridgehead atoms. The molecule has 3 atom stereocenters. The lowest BCUT2D eigenvalue weighted by atomic mass is 9.65. The summed E-state index contributed by atoms with van der Waals surface area (Å²) in [6.07, 6.45) is -4.16. The summed E-state index contributed by atoms with van der Waals surface area (Å²) in [5.74, 6) is -1.34.